The van der Waals surface area contributed by atoms with Crippen molar-refractivity contribution in [3.05, 3.63) is 59.0 Å². The van der Waals surface area contributed by atoms with Crippen molar-refractivity contribution in [1.29, 1.82) is 0 Å². The fraction of sp³-hybridized carbons (Fsp3) is 0.143. The van der Waals surface area contributed by atoms with Gasteiger partial charge in [0.05, 0.1) is 28.5 Å². The summed E-state index contributed by atoms with van der Waals surface area (Å²) >= 11 is 5.85. The van der Waals surface area contributed by atoms with Crippen LogP contribution in [0.2, 0.25) is 0 Å². The van der Waals surface area contributed by atoms with E-state index in [0.29, 0.717) is 0 Å². The Morgan fingerprint density at radius 2 is 2.00 bits per heavy atom. The van der Waals surface area contributed by atoms with Crippen LogP contribution in [0.3, 0.4) is 0 Å². The fourth-order valence-electron chi connectivity index (χ4n) is 1.94. The van der Waals surface area contributed by atoms with Crippen LogP contribution in [-0.4, -0.2) is 23.0 Å². The van der Waals surface area contributed by atoms with E-state index in [4.69, 9.17) is 11.6 Å². The molecule has 0 saturated heterocycles. The Morgan fingerprint density at radius 3 is 2.60 bits per heavy atom. The molecule has 1 aromatic carbocycles. The molecule has 1 aliphatic rings. The minimum Gasteiger partial charge on any atom is -0.507 e. The van der Waals surface area contributed by atoms with E-state index in [9.17, 15) is 18.3 Å². The molecule has 0 atom stereocenters. The Bertz CT molecular complexity index is 590. The molecule has 2 nitrogen and oxygen atoms in total. The number of hydrogen-bond donors (Lipinski definition) is 1. The van der Waals surface area contributed by atoms with Crippen molar-refractivity contribution in [3.63, 3.8) is 0 Å². The third kappa shape index (κ3) is 2.67. The van der Waals surface area contributed by atoms with Crippen molar-refractivity contribution < 1.29 is 18.3 Å². The molecule has 0 fully saturated rings. The lowest BCUT2D eigenvalue weighted by Crippen LogP contribution is -2.28. The van der Waals surface area contributed by atoms with Crippen LogP contribution in [0.4, 0.5) is 13.2 Å². The van der Waals surface area contributed by atoms with Gasteiger partial charge in [0.15, 0.2) is 0 Å². The van der Waals surface area contributed by atoms with E-state index in [1.165, 1.54) is 24.3 Å². The van der Waals surface area contributed by atoms with Crippen LogP contribution >= 0.6 is 11.6 Å². The van der Waals surface area contributed by atoms with Gasteiger partial charge in [-0.05, 0) is 24.3 Å². The van der Waals surface area contributed by atoms with Crippen molar-refractivity contribution in [1.82, 2.24) is 4.90 Å². The second-order valence-corrected chi connectivity index (χ2v) is 4.56. The number of phenolic OH excluding ortho intramolecular Hbond substituents is 1. The number of aromatic hydroxyl groups is 1. The fourth-order valence-corrected chi connectivity index (χ4v) is 2.11. The highest BCUT2D eigenvalue weighted by Gasteiger charge is 2.26. The van der Waals surface area contributed by atoms with Gasteiger partial charge in [0, 0.05) is 0 Å². The predicted molar refractivity (Wildman–Crippen MR) is 71.8 cm³/mol. The summed E-state index contributed by atoms with van der Waals surface area (Å²) in [5.41, 5.74) is 0.0668. The van der Waals surface area contributed by atoms with E-state index in [0.717, 1.165) is 11.0 Å². The van der Waals surface area contributed by atoms with Gasteiger partial charge in [0.2, 0.25) is 0 Å². The van der Waals surface area contributed by atoms with Crippen LogP contribution in [0, 0.1) is 5.82 Å². The standard InChI is InChI=1S/C14H11ClF3NO/c1-8-9(15)5-6-11(19(8)7-13(17)18)14-10(16)3-2-4-12(14)20/h2-6,13,20H,1,7H2. The Labute approximate surface area is 119 Å². The molecule has 1 heterocycles. The first kappa shape index (κ1) is 14.5. The van der Waals surface area contributed by atoms with E-state index >= 15 is 0 Å². The first-order valence-electron chi connectivity index (χ1n) is 5.72. The maximum absolute atomic E-state index is 13.9. The van der Waals surface area contributed by atoms with E-state index in [2.05, 4.69) is 6.58 Å². The third-order valence-corrected chi connectivity index (χ3v) is 3.19. The van der Waals surface area contributed by atoms with Gasteiger partial charge >= 0.3 is 0 Å². The molecule has 0 saturated carbocycles. The van der Waals surface area contributed by atoms with Crippen LogP contribution in [0.5, 0.6) is 5.75 Å². The minimum absolute atomic E-state index is 0.0929. The highest BCUT2D eigenvalue weighted by Crippen LogP contribution is 2.37. The van der Waals surface area contributed by atoms with Gasteiger partial charge in [-0.1, -0.05) is 24.2 Å². The molecular weight excluding hydrogens is 291 g/mol. The minimum atomic E-state index is -2.66. The monoisotopic (exact) mass is 301 g/mol. The quantitative estimate of drug-likeness (QED) is 0.909. The molecule has 2 rings (SSSR count). The summed E-state index contributed by atoms with van der Waals surface area (Å²) in [7, 11) is 0. The van der Waals surface area contributed by atoms with Crippen LogP contribution in [0.25, 0.3) is 5.70 Å². The summed E-state index contributed by atoms with van der Waals surface area (Å²) in [6.45, 7) is 2.92. The average Bonchev–Trinajstić information content (AvgIpc) is 2.37. The highest BCUT2D eigenvalue weighted by atomic mass is 35.5. The average molecular weight is 302 g/mol. The maximum Gasteiger partial charge on any atom is 0.256 e. The Kier molecular flexibility index (Phi) is 4.09. The molecule has 0 aromatic heterocycles. The molecule has 1 N–H and O–H groups in total. The lowest BCUT2D eigenvalue weighted by Gasteiger charge is -2.31. The largest absolute Gasteiger partial charge is 0.507 e. The second-order valence-electron chi connectivity index (χ2n) is 4.15. The van der Waals surface area contributed by atoms with Crippen molar-refractivity contribution in [2.24, 2.45) is 0 Å². The van der Waals surface area contributed by atoms with Gasteiger partial charge in [-0.25, -0.2) is 13.2 Å². The summed E-state index contributed by atoms with van der Waals surface area (Å²) in [6, 6.07) is 3.74. The molecule has 20 heavy (non-hydrogen) atoms. The molecule has 0 aliphatic carbocycles. The lowest BCUT2D eigenvalue weighted by molar-refractivity contribution is 0.123. The van der Waals surface area contributed by atoms with Gasteiger partial charge in [-0.2, -0.15) is 0 Å². The summed E-state index contributed by atoms with van der Waals surface area (Å²) in [5, 5.41) is 9.95. The van der Waals surface area contributed by atoms with Crippen LogP contribution in [-0.2, 0) is 0 Å². The summed E-state index contributed by atoms with van der Waals surface area (Å²) in [5.74, 6) is -1.05. The lowest BCUT2D eigenvalue weighted by atomic mass is 10.0. The SMILES string of the molecule is C=C1C(Cl)=CC=C(c2c(O)cccc2F)N1CC(F)F. The first-order valence-corrected chi connectivity index (χ1v) is 6.10. The summed E-state index contributed by atoms with van der Waals surface area (Å²) in [6.07, 6.45) is 0.136. The van der Waals surface area contributed by atoms with Crippen molar-refractivity contribution in [2.75, 3.05) is 6.54 Å². The molecular formula is C14H11ClF3NO. The molecule has 0 bridgehead atoms. The smallest absolute Gasteiger partial charge is 0.256 e. The summed E-state index contributed by atoms with van der Waals surface area (Å²) < 4.78 is 39.2. The van der Waals surface area contributed by atoms with Gasteiger partial charge in [-0.15, -0.1) is 0 Å². The molecule has 0 spiro atoms. The molecule has 0 unspecified atom stereocenters. The third-order valence-electron chi connectivity index (χ3n) is 2.85. The number of halogens is 4. The highest BCUT2D eigenvalue weighted by molar-refractivity contribution is 6.32. The first-order chi connectivity index (χ1) is 9.41. The zero-order valence-corrected chi connectivity index (χ0v) is 11.0. The number of hydrogen-bond acceptors (Lipinski definition) is 2. The van der Waals surface area contributed by atoms with Crippen molar-refractivity contribution in [2.45, 2.75) is 6.43 Å². The zero-order valence-electron chi connectivity index (χ0n) is 10.3. The normalized spacial score (nSPS) is 15.4. The Hall–Kier alpha value is -1.88. The predicted octanol–water partition coefficient (Wildman–Crippen LogP) is 4.09. The molecule has 6 heteroatoms. The zero-order chi connectivity index (χ0) is 14.9. The van der Waals surface area contributed by atoms with E-state index in [-0.39, 0.29) is 27.7 Å². The molecule has 1 aromatic rings. The van der Waals surface area contributed by atoms with Gasteiger partial charge < -0.3 is 10.0 Å². The number of allylic oxidation sites excluding steroid dienone is 3. The molecule has 1 aliphatic heterocycles. The number of benzene rings is 1. The van der Waals surface area contributed by atoms with Gasteiger partial charge in [0.1, 0.15) is 11.6 Å². The van der Waals surface area contributed by atoms with Gasteiger partial charge in [0.25, 0.3) is 6.43 Å². The van der Waals surface area contributed by atoms with Crippen LogP contribution in [0.15, 0.2) is 47.7 Å². The molecule has 0 amide bonds. The number of alkyl halides is 2. The summed E-state index contributed by atoms with van der Waals surface area (Å²) in [4.78, 5) is 1.09. The van der Waals surface area contributed by atoms with Crippen molar-refractivity contribution >= 4 is 17.3 Å². The topological polar surface area (TPSA) is 23.5 Å². The van der Waals surface area contributed by atoms with E-state index in [1.807, 2.05) is 0 Å². The number of rotatable bonds is 3. The Balaban J connectivity index is 2.54. The molecule has 106 valence electrons. The second kappa shape index (κ2) is 5.63. The Morgan fingerprint density at radius 1 is 1.30 bits per heavy atom. The van der Waals surface area contributed by atoms with E-state index in [1.54, 1.807) is 0 Å². The number of phenols is 1. The molecule has 0 radical (unpaired) electrons. The van der Waals surface area contributed by atoms with Gasteiger partial charge in [-0.3, -0.25) is 0 Å². The van der Waals surface area contributed by atoms with Crippen LogP contribution < -0.4 is 0 Å². The van der Waals surface area contributed by atoms with E-state index < -0.39 is 18.8 Å². The van der Waals surface area contributed by atoms with Crippen LogP contribution in [0.1, 0.15) is 5.56 Å². The number of nitrogens with zero attached hydrogens (tertiary/aromatic N) is 1. The maximum atomic E-state index is 13.9. The van der Waals surface area contributed by atoms with Crippen molar-refractivity contribution in [3.8, 4) is 5.75 Å².